The predicted octanol–water partition coefficient (Wildman–Crippen LogP) is 1.69. The lowest BCUT2D eigenvalue weighted by molar-refractivity contribution is 0.582. The maximum atomic E-state index is 11.2. The van der Waals surface area contributed by atoms with Gasteiger partial charge in [-0.3, -0.25) is 4.84 Å². The van der Waals surface area contributed by atoms with Crippen molar-refractivity contribution in [1.29, 1.82) is 0 Å². The molecule has 4 nitrogen and oxygen atoms in total. The van der Waals surface area contributed by atoms with Crippen molar-refractivity contribution >= 4 is 27.5 Å². The fraction of sp³-hybridized carbons (Fsp3) is 0.333. The average molecular weight is 249 g/mol. The van der Waals surface area contributed by atoms with Gasteiger partial charge in [0.15, 0.2) is 0 Å². The molecular weight excluding hydrogens is 236 g/mol. The molecule has 0 aliphatic heterocycles. The van der Waals surface area contributed by atoms with Crippen LogP contribution in [-0.2, 0) is 16.6 Å². The van der Waals surface area contributed by atoms with E-state index in [1.165, 1.54) is 0 Å². The second-order valence-electron chi connectivity index (χ2n) is 3.02. The number of hydrogen-bond acceptors (Lipinski definition) is 3. The normalized spacial score (nSPS) is 11.3. The molecule has 15 heavy (non-hydrogen) atoms. The molecule has 0 unspecified atom stereocenters. The van der Waals surface area contributed by atoms with Crippen LogP contribution in [0.3, 0.4) is 0 Å². The van der Waals surface area contributed by atoms with Crippen molar-refractivity contribution in [2.45, 2.75) is 13.5 Å². The van der Waals surface area contributed by atoms with Crippen LogP contribution in [0.4, 0.5) is 5.69 Å². The van der Waals surface area contributed by atoms with Crippen LogP contribution in [0.15, 0.2) is 24.3 Å². The molecule has 0 amide bonds. The molecule has 0 saturated heterocycles. The van der Waals surface area contributed by atoms with Crippen LogP contribution >= 0.6 is 11.8 Å². The number of hydrogen-bond donors (Lipinski definition) is 2. The maximum Gasteiger partial charge on any atom is 0.211 e. The summed E-state index contributed by atoms with van der Waals surface area (Å²) in [6.07, 6.45) is 0. The maximum absolute atomic E-state index is 11.2. The predicted molar refractivity (Wildman–Crippen MR) is 62.2 cm³/mol. The van der Waals surface area contributed by atoms with E-state index < -0.39 is 10.0 Å². The zero-order valence-electron chi connectivity index (χ0n) is 8.33. The Morgan fingerprint density at radius 2 is 2.13 bits per heavy atom. The molecule has 0 fully saturated rings. The van der Waals surface area contributed by atoms with Gasteiger partial charge in [-0.1, -0.05) is 12.1 Å². The summed E-state index contributed by atoms with van der Waals surface area (Å²) in [4.78, 5) is 2.47. The molecule has 0 aliphatic carbocycles. The topological polar surface area (TPSA) is 58.2 Å². The van der Waals surface area contributed by atoms with Crippen molar-refractivity contribution in [3.8, 4) is 0 Å². The molecule has 84 valence electrons. The summed E-state index contributed by atoms with van der Waals surface area (Å²) in [6.45, 7) is 1.88. The van der Waals surface area contributed by atoms with Crippen molar-refractivity contribution in [3.63, 3.8) is 0 Å². The zero-order valence-corrected chi connectivity index (χ0v) is 9.90. The minimum atomic E-state index is -3.14. The van der Waals surface area contributed by atoms with E-state index in [2.05, 4.69) is 9.56 Å². The highest BCUT2D eigenvalue weighted by Crippen LogP contribution is 2.11. The van der Waals surface area contributed by atoms with Crippen molar-refractivity contribution in [2.75, 3.05) is 10.6 Å². The molecule has 1 aromatic carbocycles. The van der Waals surface area contributed by atoms with Crippen LogP contribution in [0.2, 0.25) is 0 Å². The van der Waals surface area contributed by atoms with Crippen molar-refractivity contribution in [1.82, 2.24) is 4.72 Å². The van der Waals surface area contributed by atoms with E-state index in [9.17, 15) is 8.42 Å². The van der Waals surface area contributed by atoms with E-state index in [1.54, 1.807) is 25.1 Å². The smallest absolute Gasteiger partial charge is 0.211 e. The summed E-state index contributed by atoms with van der Waals surface area (Å²) in [5.41, 5.74) is 1.60. The lowest BCUT2D eigenvalue weighted by Gasteiger charge is -2.05. The molecule has 0 saturated carbocycles. The van der Waals surface area contributed by atoms with Gasteiger partial charge in [0, 0.05) is 24.0 Å². The van der Waals surface area contributed by atoms with Gasteiger partial charge in [-0.2, -0.15) is 0 Å². The highest BCUT2D eigenvalue weighted by Gasteiger charge is 2.05. The largest absolute Gasteiger partial charge is 0.299 e. The first kappa shape index (κ1) is 12.3. The SMILES string of the molecule is CCS(=O)(=O)NCc1cccc(NCl)c1. The summed E-state index contributed by atoms with van der Waals surface area (Å²) in [5.74, 6) is 0.0838. The van der Waals surface area contributed by atoms with E-state index >= 15 is 0 Å². The van der Waals surface area contributed by atoms with Crippen LogP contribution in [0.1, 0.15) is 12.5 Å². The summed E-state index contributed by atoms with van der Waals surface area (Å²) in [7, 11) is -3.14. The van der Waals surface area contributed by atoms with Crippen molar-refractivity contribution in [3.05, 3.63) is 29.8 Å². The Labute approximate surface area is 94.8 Å². The lowest BCUT2D eigenvalue weighted by Crippen LogP contribution is -2.24. The standard InChI is InChI=1S/C9H13ClN2O2S/c1-2-15(13,14)11-7-8-4-3-5-9(6-8)12-10/h3-6,11-12H,2,7H2,1H3. The van der Waals surface area contributed by atoms with Gasteiger partial charge in [0.05, 0.1) is 5.75 Å². The first-order valence-corrected chi connectivity index (χ1v) is 6.53. The Hall–Kier alpha value is -0.780. The van der Waals surface area contributed by atoms with Crippen LogP contribution < -0.4 is 9.56 Å². The van der Waals surface area contributed by atoms with Crippen molar-refractivity contribution in [2.24, 2.45) is 0 Å². The Balaban J connectivity index is 2.65. The van der Waals surface area contributed by atoms with Gasteiger partial charge >= 0.3 is 0 Å². The average Bonchev–Trinajstić information content (AvgIpc) is 2.27. The summed E-state index contributed by atoms with van der Waals surface area (Å²) >= 11 is 5.43. The second kappa shape index (κ2) is 5.34. The molecule has 1 rings (SSSR count). The monoisotopic (exact) mass is 248 g/mol. The van der Waals surface area contributed by atoms with Gasteiger partial charge in [-0.15, -0.1) is 0 Å². The fourth-order valence-corrected chi connectivity index (χ4v) is 1.74. The van der Waals surface area contributed by atoms with Gasteiger partial charge in [0.25, 0.3) is 0 Å². The van der Waals surface area contributed by atoms with Crippen LogP contribution in [-0.4, -0.2) is 14.2 Å². The Morgan fingerprint density at radius 3 is 2.73 bits per heavy atom. The van der Waals surface area contributed by atoms with Crippen LogP contribution in [0.25, 0.3) is 0 Å². The molecule has 0 aliphatic rings. The van der Waals surface area contributed by atoms with E-state index in [-0.39, 0.29) is 12.3 Å². The van der Waals surface area contributed by atoms with Gasteiger partial charge in [0.1, 0.15) is 0 Å². The number of nitrogens with one attached hydrogen (secondary N) is 2. The Bertz CT molecular complexity index is 420. The zero-order chi connectivity index (χ0) is 11.3. The van der Waals surface area contributed by atoms with Crippen molar-refractivity contribution < 1.29 is 8.42 Å². The van der Waals surface area contributed by atoms with E-state index in [0.29, 0.717) is 0 Å². The minimum absolute atomic E-state index is 0.0838. The van der Waals surface area contributed by atoms with Crippen LogP contribution in [0, 0.1) is 0 Å². The molecular formula is C9H13ClN2O2S. The molecule has 0 heterocycles. The number of sulfonamides is 1. The molecule has 0 bridgehead atoms. The Kier molecular flexibility index (Phi) is 4.38. The molecule has 0 radical (unpaired) electrons. The molecule has 2 N–H and O–H groups in total. The molecule has 0 spiro atoms. The molecule has 0 atom stereocenters. The number of benzene rings is 1. The summed E-state index contributed by atoms with van der Waals surface area (Å²) < 4.78 is 24.8. The summed E-state index contributed by atoms with van der Waals surface area (Å²) in [5, 5.41) is 0. The molecule has 0 aromatic heterocycles. The summed E-state index contributed by atoms with van der Waals surface area (Å²) in [6, 6.07) is 7.21. The first-order chi connectivity index (χ1) is 7.07. The number of anilines is 1. The number of halogens is 1. The Morgan fingerprint density at radius 1 is 1.40 bits per heavy atom. The quantitative estimate of drug-likeness (QED) is 0.780. The lowest BCUT2D eigenvalue weighted by atomic mass is 10.2. The highest BCUT2D eigenvalue weighted by atomic mass is 35.5. The van der Waals surface area contributed by atoms with Gasteiger partial charge in [-0.25, -0.2) is 13.1 Å². The molecule has 6 heteroatoms. The third-order valence-corrected chi connectivity index (χ3v) is 3.47. The third kappa shape index (κ3) is 4.07. The third-order valence-electron chi connectivity index (χ3n) is 1.91. The van der Waals surface area contributed by atoms with E-state index in [0.717, 1.165) is 11.3 Å². The van der Waals surface area contributed by atoms with Gasteiger partial charge in [-0.05, 0) is 24.6 Å². The molecule has 1 aromatic rings. The number of rotatable bonds is 5. The van der Waals surface area contributed by atoms with Gasteiger partial charge in [0.2, 0.25) is 10.0 Å². The minimum Gasteiger partial charge on any atom is -0.299 e. The van der Waals surface area contributed by atoms with E-state index in [4.69, 9.17) is 11.8 Å². The second-order valence-corrected chi connectivity index (χ2v) is 5.30. The van der Waals surface area contributed by atoms with Gasteiger partial charge < -0.3 is 0 Å². The fourth-order valence-electron chi connectivity index (χ4n) is 1.04. The first-order valence-electron chi connectivity index (χ1n) is 4.50. The highest BCUT2D eigenvalue weighted by molar-refractivity contribution is 7.89. The van der Waals surface area contributed by atoms with Crippen LogP contribution in [0.5, 0.6) is 0 Å². The van der Waals surface area contributed by atoms with E-state index in [1.807, 2.05) is 6.07 Å².